The van der Waals surface area contributed by atoms with Gasteiger partial charge in [0.15, 0.2) is 0 Å². The highest BCUT2D eigenvalue weighted by atomic mass is 35.5. The maximum atomic E-state index is 10.8. The van der Waals surface area contributed by atoms with Gasteiger partial charge in [-0.05, 0) is 0 Å². The minimum atomic E-state index is -0.635. The molecule has 0 saturated heterocycles. The Balaban J connectivity index is 0. The number of carbonyl (C=O) groups excluding carboxylic acids is 1. The largest absolute Gasteiger partial charge is 0.335 e. The van der Waals surface area contributed by atoms with Crippen LogP contribution in [0.15, 0.2) is 18.7 Å². The van der Waals surface area contributed by atoms with E-state index in [1.807, 2.05) is 5.43 Å². The van der Waals surface area contributed by atoms with E-state index < -0.39 is 6.04 Å². The normalized spacial score (nSPS) is 10.7. The number of amides is 1. The molecule has 0 spiro atoms. The number of hydrogen-bond acceptors (Lipinski definition) is 4. The van der Waals surface area contributed by atoms with Gasteiger partial charge in [-0.2, -0.15) is 0 Å². The van der Waals surface area contributed by atoms with Gasteiger partial charge in [0.1, 0.15) is 6.04 Å². The molecule has 1 aromatic heterocycles. The monoisotopic (exact) mass is 241 g/mol. The maximum Gasteiger partial charge on any atom is 0.252 e. The van der Waals surface area contributed by atoms with Gasteiger partial charge < -0.3 is 10.3 Å². The highest BCUT2D eigenvalue weighted by Gasteiger charge is 2.11. The van der Waals surface area contributed by atoms with Gasteiger partial charge in [0.05, 0.1) is 6.33 Å². The van der Waals surface area contributed by atoms with E-state index in [-0.39, 0.29) is 30.7 Å². The lowest BCUT2D eigenvalue weighted by atomic mass is 10.3. The fourth-order valence-corrected chi connectivity index (χ4v) is 0.812. The molecule has 5 N–H and O–H groups in total. The van der Waals surface area contributed by atoms with E-state index in [9.17, 15) is 4.79 Å². The van der Waals surface area contributed by atoms with Crippen molar-refractivity contribution in [2.24, 2.45) is 11.6 Å². The summed E-state index contributed by atoms with van der Waals surface area (Å²) in [5.74, 6) is 4.51. The number of aromatic nitrogens is 2. The molecule has 1 rings (SSSR count). The van der Waals surface area contributed by atoms with Crippen LogP contribution in [0.5, 0.6) is 0 Å². The summed E-state index contributed by atoms with van der Waals surface area (Å²) in [5.41, 5.74) is 7.46. The zero-order valence-electron chi connectivity index (χ0n) is 7.29. The van der Waals surface area contributed by atoms with Crippen LogP contribution < -0.4 is 17.0 Å². The fraction of sp³-hybridized carbons (Fsp3) is 0.333. The Morgan fingerprint density at radius 2 is 2.21 bits per heavy atom. The molecule has 1 unspecified atom stereocenters. The lowest BCUT2D eigenvalue weighted by molar-refractivity contribution is -0.122. The van der Waals surface area contributed by atoms with Gasteiger partial charge in [0, 0.05) is 18.9 Å². The number of hydrogen-bond donors (Lipinski definition) is 3. The number of nitrogens with one attached hydrogen (secondary N) is 1. The highest BCUT2D eigenvalue weighted by molar-refractivity contribution is 5.85. The summed E-state index contributed by atoms with van der Waals surface area (Å²) >= 11 is 0. The molecule has 0 bridgehead atoms. The second kappa shape index (κ2) is 7.57. The fourth-order valence-electron chi connectivity index (χ4n) is 0.812. The van der Waals surface area contributed by atoms with E-state index in [4.69, 9.17) is 11.6 Å². The molecule has 14 heavy (non-hydrogen) atoms. The summed E-state index contributed by atoms with van der Waals surface area (Å²) in [5, 5.41) is 0. The van der Waals surface area contributed by atoms with Crippen molar-refractivity contribution in [1.29, 1.82) is 0 Å². The van der Waals surface area contributed by atoms with Crippen molar-refractivity contribution in [3.63, 3.8) is 0 Å². The van der Waals surface area contributed by atoms with Crippen LogP contribution in [0, 0.1) is 0 Å². The van der Waals surface area contributed by atoms with Crippen molar-refractivity contribution in [1.82, 2.24) is 15.0 Å². The van der Waals surface area contributed by atoms with Crippen molar-refractivity contribution < 1.29 is 4.79 Å². The first-order valence-corrected chi connectivity index (χ1v) is 3.46. The Morgan fingerprint density at radius 1 is 1.57 bits per heavy atom. The smallest absolute Gasteiger partial charge is 0.252 e. The summed E-state index contributed by atoms with van der Waals surface area (Å²) < 4.78 is 1.71. The molecule has 8 heteroatoms. The number of carbonyl (C=O) groups is 1. The minimum Gasteiger partial charge on any atom is -0.335 e. The molecule has 1 aromatic rings. The molecule has 1 amide bonds. The second-order valence-corrected chi connectivity index (χ2v) is 2.37. The zero-order valence-corrected chi connectivity index (χ0v) is 8.92. The third-order valence-corrected chi connectivity index (χ3v) is 1.45. The molecule has 6 nitrogen and oxygen atoms in total. The maximum absolute atomic E-state index is 10.8. The molecule has 0 radical (unpaired) electrons. The number of halogens is 2. The summed E-state index contributed by atoms with van der Waals surface area (Å²) in [6, 6.07) is -0.635. The van der Waals surface area contributed by atoms with Crippen molar-refractivity contribution >= 4 is 30.7 Å². The summed E-state index contributed by atoms with van der Waals surface area (Å²) in [4.78, 5) is 14.6. The van der Waals surface area contributed by atoms with Gasteiger partial charge in [-0.1, -0.05) is 0 Å². The van der Waals surface area contributed by atoms with Gasteiger partial charge in [-0.3, -0.25) is 10.2 Å². The van der Waals surface area contributed by atoms with E-state index in [0.717, 1.165) is 0 Å². The van der Waals surface area contributed by atoms with Crippen LogP contribution in [0.2, 0.25) is 0 Å². The first-order chi connectivity index (χ1) is 5.74. The van der Waals surface area contributed by atoms with Gasteiger partial charge in [0.25, 0.3) is 5.91 Å². The molecular formula is C6H13Cl2N5O. The summed E-state index contributed by atoms with van der Waals surface area (Å²) in [7, 11) is 0. The van der Waals surface area contributed by atoms with Gasteiger partial charge in [0.2, 0.25) is 0 Å². The lowest BCUT2D eigenvalue weighted by Crippen LogP contribution is -2.46. The molecule has 1 heterocycles. The standard InChI is InChI=1S/C6H11N5O.2ClH/c7-5(6(12)10-8)3-11-2-1-9-4-11;;/h1-2,4-5H,3,7-8H2,(H,10,12);2*1H. The molecule has 0 saturated carbocycles. The average molecular weight is 242 g/mol. The Kier molecular flexibility index (Phi) is 8.46. The lowest BCUT2D eigenvalue weighted by Gasteiger charge is -2.09. The van der Waals surface area contributed by atoms with Crippen LogP contribution in [-0.4, -0.2) is 21.5 Å². The Labute approximate surface area is 93.8 Å². The van der Waals surface area contributed by atoms with Gasteiger partial charge >= 0.3 is 0 Å². The van der Waals surface area contributed by atoms with Crippen LogP contribution in [-0.2, 0) is 11.3 Å². The predicted octanol–water partition coefficient (Wildman–Crippen LogP) is -0.956. The molecule has 82 valence electrons. The Morgan fingerprint density at radius 3 is 2.64 bits per heavy atom. The number of nitrogens with two attached hydrogens (primary N) is 2. The predicted molar refractivity (Wildman–Crippen MR) is 57.0 cm³/mol. The highest BCUT2D eigenvalue weighted by Crippen LogP contribution is 1.88. The third-order valence-electron chi connectivity index (χ3n) is 1.45. The molecule has 0 aromatic carbocycles. The van der Waals surface area contributed by atoms with Gasteiger partial charge in [-0.25, -0.2) is 10.8 Å². The molecule has 0 aliphatic carbocycles. The third kappa shape index (κ3) is 4.43. The van der Waals surface area contributed by atoms with E-state index in [1.165, 1.54) is 0 Å². The van der Waals surface area contributed by atoms with Crippen molar-refractivity contribution in [3.8, 4) is 0 Å². The van der Waals surface area contributed by atoms with Crippen LogP contribution in [0.1, 0.15) is 0 Å². The molecular weight excluding hydrogens is 229 g/mol. The molecule has 0 aliphatic heterocycles. The first kappa shape index (κ1) is 15.6. The number of imidazole rings is 1. The summed E-state index contributed by atoms with van der Waals surface area (Å²) in [6.45, 7) is 0.378. The molecule has 0 fully saturated rings. The number of nitrogens with zero attached hydrogens (tertiary/aromatic N) is 2. The quantitative estimate of drug-likeness (QED) is 0.361. The van der Waals surface area contributed by atoms with E-state index in [0.29, 0.717) is 6.54 Å². The van der Waals surface area contributed by atoms with E-state index in [2.05, 4.69) is 4.98 Å². The van der Waals surface area contributed by atoms with Crippen molar-refractivity contribution in [2.75, 3.05) is 0 Å². The van der Waals surface area contributed by atoms with Crippen LogP contribution in [0.25, 0.3) is 0 Å². The minimum absolute atomic E-state index is 0. The van der Waals surface area contributed by atoms with Crippen LogP contribution in [0.4, 0.5) is 0 Å². The molecule has 0 aliphatic rings. The van der Waals surface area contributed by atoms with E-state index >= 15 is 0 Å². The van der Waals surface area contributed by atoms with Crippen molar-refractivity contribution in [3.05, 3.63) is 18.7 Å². The van der Waals surface area contributed by atoms with Crippen LogP contribution in [0.3, 0.4) is 0 Å². The van der Waals surface area contributed by atoms with Gasteiger partial charge in [-0.15, -0.1) is 24.8 Å². The second-order valence-electron chi connectivity index (χ2n) is 2.37. The molecule has 1 atom stereocenters. The number of hydrazine groups is 1. The summed E-state index contributed by atoms with van der Waals surface area (Å²) in [6.07, 6.45) is 4.93. The van der Waals surface area contributed by atoms with Crippen LogP contribution >= 0.6 is 24.8 Å². The zero-order chi connectivity index (χ0) is 8.97. The number of rotatable bonds is 3. The van der Waals surface area contributed by atoms with E-state index in [1.54, 1.807) is 23.3 Å². The topological polar surface area (TPSA) is 99.0 Å². The Bertz CT molecular complexity index is 253. The van der Waals surface area contributed by atoms with Crippen molar-refractivity contribution in [2.45, 2.75) is 12.6 Å². The first-order valence-electron chi connectivity index (χ1n) is 3.46. The Hall–Kier alpha value is -0.820. The SMILES string of the molecule is Cl.Cl.NNC(=O)C(N)Cn1ccnc1. The average Bonchev–Trinajstić information content (AvgIpc) is 2.55.